The van der Waals surface area contributed by atoms with E-state index in [2.05, 4.69) is 13.8 Å². The third kappa shape index (κ3) is 48.9. The van der Waals surface area contributed by atoms with Crippen LogP contribution in [0.25, 0.3) is 0 Å². The zero-order chi connectivity index (χ0) is 21.3. The van der Waals surface area contributed by atoms with Crippen LogP contribution in [0.3, 0.4) is 0 Å². The Bertz CT molecular complexity index is 314. The number of thiol groups is 2. The maximum atomic E-state index is 10.1. The third-order valence-corrected chi connectivity index (χ3v) is 4.97. The summed E-state index contributed by atoms with van der Waals surface area (Å²) in [6, 6.07) is 0. The zero-order valence-corrected chi connectivity index (χ0v) is 24.8. The predicted octanol–water partition coefficient (Wildman–Crippen LogP) is 4.39. The molecule has 0 N–H and O–H groups in total. The molecule has 0 aliphatic rings. The molecule has 31 heavy (non-hydrogen) atoms. The molecule has 184 valence electrons. The van der Waals surface area contributed by atoms with Crippen LogP contribution in [0.5, 0.6) is 0 Å². The molecule has 0 atom stereocenters. The Kier molecular flexibility index (Phi) is 50.7. The second-order valence-corrected chi connectivity index (χ2v) is 7.90. The summed E-state index contributed by atoms with van der Waals surface area (Å²) in [5.74, 6) is -1.82. The van der Waals surface area contributed by atoms with Crippen LogP contribution < -0.4 is 10.2 Å². The molecule has 0 rings (SSSR count). The first-order valence-corrected chi connectivity index (χ1v) is 11.9. The van der Waals surface area contributed by atoms with Gasteiger partial charge >= 0.3 is 23.9 Å². The van der Waals surface area contributed by atoms with Gasteiger partial charge < -0.3 is 46.8 Å². The fraction of sp³-hybridized carbons (Fsp3) is 0.917. The molecule has 0 heterocycles. The van der Waals surface area contributed by atoms with Gasteiger partial charge in [0.15, 0.2) is 0 Å². The van der Waals surface area contributed by atoms with Crippen molar-refractivity contribution < 1.29 is 19.8 Å². The minimum absolute atomic E-state index is 0. The Hall–Kier alpha value is 0.439. The van der Waals surface area contributed by atoms with Crippen molar-refractivity contribution in [3.8, 4) is 0 Å². The molecule has 0 bridgehead atoms. The molecule has 0 aliphatic heterocycles. The minimum Gasteiger partial charge on any atom is -0.813 e. The molecule has 7 heteroatoms. The minimum atomic E-state index is -0.909. The molecule has 0 fully saturated rings. The summed E-state index contributed by atoms with van der Waals surface area (Å²) < 4.78 is 0. The Morgan fingerprint density at radius 2 is 0.645 bits per heavy atom. The third-order valence-electron chi connectivity index (χ3n) is 4.97. The molecular weight excluding hydrogens is 535 g/mol. The van der Waals surface area contributed by atoms with E-state index in [4.69, 9.17) is 0 Å². The molecule has 0 aliphatic carbocycles. The topological polar surface area (TPSA) is 80.3 Å². The van der Waals surface area contributed by atoms with Gasteiger partial charge in [0.05, 0.1) is 0 Å². The molecule has 0 aromatic rings. The van der Waals surface area contributed by atoms with Crippen molar-refractivity contribution in [1.82, 2.24) is 0 Å². The number of carbonyl (C=O) groups excluding carboxylic acids is 2. The summed E-state index contributed by atoms with van der Waals surface area (Å²) in [4.78, 5) is 20.2. The molecule has 0 aromatic heterocycles. The SMILES string of the molecule is CCCCCCCCCCCC(=O)[O-].CCCCCCCCCCCC(=O)[O-].[SH-].[SH-].[Sn+4]. The largest absolute Gasteiger partial charge is 4.00 e. The van der Waals surface area contributed by atoms with Crippen molar-refractivity contribution >= 4 is 62.8 Å². The summed E-state index contributed by atoms with van der Waals surface area (Å²) in [7, 11) is 0. The van der Waals surface area contributed by atoms with E-state index in [0.29, 0.717) is 0 Å². The number of carboxylic acid groups (broad SMARTS) is 2. The number of rotatable bonds is 20. The van der Waals surface area contributed by atoms with E-state index < -0.39 is 11.9 Å². The second-order valence-electron chi connectivity index (χ2n) is 7.90. The summed E-state index contributed by atoms with van der Waals surface area (Å²) in [6.07, 6.45) is 22.3. The zero-order valence-electron chi connectivity index (χ0n) is 20.2. The summed E-state index contributed by atoms with van der Waals surface area (Å²) in [6.45, 7) is 4.44. The fourth-order valence-electron chi connectivity index (χ4n) is 3.16. The van der Waals surface area contributed by atoms with Gasteiger partial charge in [0.1, 0.15) is 0 Å². The van der Waals surface area contributed by atoms with E-state index in [1.54, 1.807) is 0 Å². The van der Waals surface area contributed by atoms with Gasteiger partial charge in [-0.3, -0.25) is 0 Å². The van der Waals surface area contributed by atoms with Crippen molar-refractivity contribution in [2.45, 2.75) is 142 Å². The van der Waals surface area contributed by atoms with Crippen LogP contribution in [0.1, 0.15) is 142 Å². The molecule has 4 nitrogen and oxygen atoms in total. The normalized spacial score (nSPS) is 9.35. The summed E-state index contributed by atoms with van der Waals surface area (Å²) in [5.41, 5.74) is 0. The summed E-state index contributed by atoms with van der Waals surface area (Å²) in [5, 5.41) is 20.2. The quantitative estimate of drug-likeness (QED) is 0.0916. The monoisotopic (exact) mass is 584 g/mol. The first kappa shape index (κ1) is 41.7. The second kappa shape index (κ2) is 37.7. The number of hydrogen-bond acceptors (Lipinski definition) is 6. The van der Waals surface area contributed by atoms with E-state index in [-0.39, 0.29) is 63.7 Å². The number of aliphatic carboxylic acids is 2. The van der Waals surface area contributed by atoms with Crippen LogP contribution in [0.4, 0.5) is 0 Å². The first-order valence-electron chi connectivity index (χ1n) is 11.9. The fourth-order valence-corrected chi connectivity index (χ4v) is 3.16. The summed E-state index contributed by atoms with van der Waals surface area (Å²) >= 11 is 0. The number of carbonyl (C=O) groups is 2. The maximum Gasteiger partial charge on any atom is 4.00 e. The van der Waals surface area contributed by atoms with Gasteiger partial charge in [0.2, 0.25) is 0 Å². The van der Waals surface area contributed by atoms with E-state index >= 15 is 0 Å². The maximum absolute atomic E-state index is 10.1. The Morgan fingerprint density at radius 3 is 0.839 bits per heavy atom. The van der Waals surface area contributed by atoms with Gasteiger partial charge in [-0.25, -0.2) is 0 Å². The van der Waals surface area contributed by atoms with E-state index in [9.17, 15) is 19.8 Å². The molecular formula is C24H48O4S2Sn. The van der Waals surface area contributed by atoms with Crippen LogP contribution in [0.15, 0.2) is 0 Å². The van der Waals surface area contributed by atoms with Crippen molar-refractivity contribution in [3.63, 3.8) is 0 Å². The smallest absolute Gasteiger partial charge is 0.813 e. The Labute approximate surface area is 224 Å². The van der Waals surface area contributed by atoms with Gasteiger partial charge in [-0.05, 0) is 25.7 Å². The van der Waals surface area contributed by atoms with Crippen molar-refractivity contribution in [1.29, 1.82) is 0 Å². The van der Waals surface area contributed by atoms with Crippen LogP contribution in [-0.2, 0) is 36.6 Å². The van der Waals surface area contributed by atoms with Crippen LogP contribution in [0, 0.1) is 0 Å². The molecule has 0 amide bonds. The number of hydrogen-bond donors (Lipinski definition) is 0. The van der Waals surface area contributed by atoms with Crippen LogP contribution in [0.2, 0.25) is 0 Å². The van der Waals surface area contributed by atoms with E-state index in [1.165, 1.54) is 89.9 Å². The average molecular weight is 583 g/mol. The van der Waals surface area contributed by atoms with Crippen molar-refractivity contribution in [2.75, 3.05) is 0 Å². The standard InChI is InChI=1S/2C12H24O2.2H2S.Sn/c2*1-2-3-4-5-6-7-8-9-10-11-12(13)14;;;/h2*2-11H2,1H3,(H,13,14);2*1H2;/q;;;;+4/p-4. The first-order chi connectivity index (χ1) is 13.5. The van der Waals surface area contributed by atoms with Crippen molar-refractivity contribution in [2.24, 2.45) is 0 Å². The Balaban J connectivity index is -0.000000133. The number of carboxylic acids is 2. The van der Waals surface area contributed by atoms with E-state index in [1.807, 2.05) is 0 Å². The molecule has 0 spiro atoms. The van der Waals surface area contributed by atoms with Gasteiger partial charge in [-0.1, -0.05) is 117 Å². The number of unbranched alkanes of at least 4 members (excludes halogenated alkanes) is 16. The molecule has 0 saturated heterocycles. The van der Waals surface area contributed by atoms with Crippen LogP contribution >= 0.6 is 0 Å². The van der Waals surface area contributed by atoms with Gasteiger partial charge in [-0.15, -0.1) is 0 Å². The van der Waals surface area contributed by atoms with E-state index in [0.717, 1.165) is 25.7 Å². The van der Waals surface area contributed by atoms with Gasteiger partial charge in [0, 0.05) is 11.9 Å². The van der Waals surface area contributed by atoms with Gasteiger partial charge in [-0.2, -0.15) is 0 Å². The Morgan fingerprint density at radius 1 is 0.452 bits per heavy atom. The van der Waals surface area contributed by atoms with Gasteiger partial charge in [0.25, 0.3) is 0 Å². The average Bonchev–Trinajstić information content (AvgIpc) is 2.65. The molecule has 0 unspecified atom stereocenters. The molecule has 0 aromatic carbocycles. The predicted molar refractivity (Wildman–Crippen MR) is 137 cm³/mol. The molecule has 0 saturated carbocycles. The van der Waals surface area contributed by atoms with Crippen LogP contribution in [-0.4, -0.2) is 35.8 Å². The molecule has 0 radical (unpaired) electrons. The van der Waals surface area contributed by atoms with Crippen molar-refractivity contribution in [3.05, 3.63) is 0 Å².